The number of hydrogen-bond acceptors (Lipinski definition) is 0. The lowest BCUT2D eigenvalue weighted by molar-refractivity contribution is 1.13. The number of aryl methyl sites for hydroxylation is 2. The molecule has 0 aromatic heterocycles. The minimum atomic E-state index is 0.993. The molecule has 0 saturated carbocycles. The molecule has 116 valence electrons. The second kappa shape index (κ2) is 6.42. The zero-order chi connectivity index (χ0) is 16.4. The predicted octanol–water partition coefficient (Wildman–Crippen LogP) is 6.39. The van der Waals surface area contributed by atoms with Crippen molar-refractivity contribution in [3.8, 4) is 0 Å². The molecule has 0 bridgehead atoms. The summed E-state index contributed by atoms with van der Waals surface area (Å²) in [6.45, 7) is 8.76. The fourth-order valence-corrected chi connectivity index (χ4v) is 3.39. The summed E-state index contributed by atoms with van der Waals surface area (Å²) in [6, 6.07) is 17.7. The first-order chi connectivity index (χ1) is 11.1. The van der Waals surface area contributed by atoms with Crippen molar-refractivity contribution in [2.45, 2.75) is 34.1 Å². The summed E-state index contributed by atoms with van der Waals surface area (Å²) in [6.07, 6.45) is 5.34. The van der Waals surface area contributed by atoms with Crippen molar-refractivity contribution in [2.75, 3.05) is 0 Å². The molecule has 0 heteroatoms. The summed E-state index contributed by atoms with van der Waals surface area (Å²) in [5.74, 6) is 0. The maximum Gasteiger partial charge on any atom is -0.00201 e. The van der Waals surface area contributed by atoms with E-state index >= 15 is 0 Å². The van der Waals surface area contributed by atoms with Crippen LogP contribution in [0.25, 0.3) is 16.8 Å². The average molecular weight is 300 g/mol. The number of fused-ring (bicyclic) bond motifs is 1. The van der Waals surface area contributed by atoms with E-state index in [9.17, 15) is 0 Å². The Balaban J connectivity index is 2.06. The van der Waals surface area contributed by atoms with Crippen molar-refractivity contribution < 1.29 is 0 Å². The zero-order valence-corrected chi connectivity index (χ0v) is 14.5. The molecule has 0 aliphatic carbocycles. The summed E-state index contributed by atoms with van der Waals surface area (Å²) in [7, 11) is 0. The summed E-state index contributed by atoms with van der Waals surface area (Å²) >= 11 is 0. The number of rotatable bonds is 3. The van der Waals surface area contributed by atoms with Crippen LogP contribution in [0, 0.1) is 20.8 Å². The Hall–Kier alpha value is -2.34. The van der Waals surface area contributed by atoms with Crippen molar-refractivity contribution in [2.24, 2.45) is 0 Å². The van der Waals surface area contributed by atoms with Crippen LogP contribution in [0.2, 0.25) is 0 Å². The van der Waals surface area contributed by atoms with Gasteiger partial charge in [-0.2, -0.15) is 0 Å². The largest absolute Gasteiger partial charge is 0.0870 e. The topological polar surface area (TPSA) is 0 Å². The predicted molar refractivity (Wildman–Crippen MR) is 102 cm³/mol. The van der Waals surface area contributed by atoms with E-state index in [0.717, 1.165) is 6.42 Å². The summed E-state index contributed by atoms with van der Waals surface area (Å²) in [5.41, 5.74) is 8.35. The van der Waals surface area contributed by atoms with Crippen molar-refractivity contribution >= 4 is 16.8 Å². The molecule has 0 nitrogen and oxygen atoms in total. The van der Waals surface area contributed by atoms with Gasteiger partial charge in [-0.3, -0.25) is 0 Å². The van der Waals surface area contributed by atoms with Crippen molar-refractivity contribution in [3.05, 3.63) is 88.0 Å². The SMILES string of the molecule is C/C=C\c1c(C)ccc(Cc2ccc3ccccc3c2C)c1C. The van der Waals surface area contributed by atoms with Crippen molar-refractivity contribution in [3.63, 3.8) is 0 Å². The molecule has 0 spiro atoms. The Morgan fingerprint density at radius 1 is 0.783 bits per heavy atom. The third kappa shape index (κ3) is 2.94. The second-order valence-corrected chi connectivity index (χ2v) is 6.33. The van der Waals surface area contributed by atoms with Crippen LogP contribution in [-0.2, 0) is 6.42 Å². The van der Waals surface area contributed by atoms with E-state index in [2.05, 4.69) is 88.4 Å². The minimum Gasteiger partial charge on any atom is -0.0870 e. The lowest BCUT2D eigenvalue weighted by Crippen LogP contribution is -1.98. The Labute approximate surface area is 139 Å². The third-order valence-electron chi connectivity index (χ3n) is 4.87. The summed E-state index contributed by atoms with van der Waals surface area (Å²) in [4.78, 5) is 0. The summed E-state index contributed by atoms with van der Waals surface area (Å²) in [5, 5.41) is 2.69. The van der Waals surface area contributed by atoms with Gasteiger partial charge < -0.3 is 0 Å². The zero-order valence-electron chi connectivity index (χ0n) is 14.5. The van der Waals surface area contributed by atoms with Gasteiger partial charge in [-0.05, 0) is 78.3 Å². The smallest absolute Gasteiger partial charge is 0.00201 e. The molecule has 0 aliphatic heterocycles. The van der Waals surface area contributed by atoms with E-state index in [1.165, 1.54) is 44.2 Å². The molecule has 3 aromatic rings. The van der Waals surface area contributed by atoms with Gasteiger partial charge in [-0.25, -0.2) is 0 Å². The van der Waals surface area contributed by atoms with Gasteiger partial charge in [0.15, 0.2) is 0 Å². The van der Waals surface area contributed by atoms with Gasteiger partial charge in [0.25, 0.3) is 0 Å². The van der Waals surface area contributed by atoms with E-state index in [1.807, 2.05) is 0 Å². The van der Waals surface area contributed by atoms with Crippen molar-refractivity contribution in [1.82, 2.24) is 0 Å². The van der Waals surface area contributed by atoms with Gasteiger partial charge in [-0.15, -0.1) is 0 Å². The molecule has 0 N–H and O–H groups in total. The van der Waals surface area contributed by atoms with Crippen LogP contribution in [0.5, 0.6) is 0 Å². The van der Waals surface area contributed by atoms with Gasteiger partial charge in [-0.1, -0.05) is 60.7 Å². The van der Waals surface area contributed by atoms with Gasteiger partial charge in [0.05, 0.1) is 0 Å². The first-order valence-corrected chi connectivity index (χ1v) is 8.31. The second-order valence-electron chi connectivity index (χ2n) is 6.33. The highest BCUT2D eigenvalue weighted by Gasteiger charge is 2.09. The molecule has 3 aromatic carbocycles. The van der Waals surface area contributed by atoms with Crippen LogP contribution in [0.4, 0.5) is 0 Å². The number of hydrogen-bond donors (Lipinski definition) is 0. The molecular formula is C23H24. The summed E-state index contributed by atoms with van der Waals surface area (Å²) < 4.78 is 0. The van der Waals surface area contributed by atoms with Crippen LogP contribution in [0.15, 0.2) is 54.6 Å². The highest BCUT2D eigenvalue weighted by atomic mass is 14.1. The fourth-order valence-electron chi connectivity index (χ4n) is 3.39. The van der Waals surface area contributed by atoms with Crippen LogP contribution >= 0.6 is 0 Å². The first-order valence-electron chi connectivity index (χ1n) is 8.31. The molecule has 0 heterocycles. The monoisotopic (exact) mass is 300 g/mol. The lowest BCUT2D eigenvalue weighted by Gasteiger charge is -2.14. The average Bonchev–Trinajstić information content (AvgIpc) is 2.56. The van der Waals surface area contributed by atoms with Crippen LogP contribution in [0.3, 0.4) is 0 Å². The normalized spacial score (nSPS) is 11.5. The minimum absolute atomic E-state index is 0.993. The highest BCUT2D eigenvalue weighted by molar-refractivity contribution is 5.86. The van der Waals surface area contributed by atoms with E-state index < -0.39 is 0 Å². The lowest BCUT2D eigenvalue weighted by atomic mass is 9.90. The molecule has 0 saturated heterocycles. The highest BCUT2D eigenvalue weighted by Crippen LogP contribution is 2.27. The van der Waals surface area contributed by atoms with Gasteiger partial charge >= 0.3 is 0 Å². The Morgan fingerprint density at radius 2 is 1.48 bits per heavy atom. The van der Waals surface area contributed by atoms with Crippen LogP contribution < -0.4 is 0 Å². The number of allylic oxidation sites excluding steroid dienone is 1. The molecule has 0 unspecified atom stereocenters. The Kier molecular flexibility index (Phi) is 4.34. The molecule has 3 rings (SSSR count). The third-order valence-corrected chi connectivity index (χ3v) is 4.87. The van der Waals surface area contributed by atoms with Gasteiger partial charge in [0, 0.05) is 0 Å². The standard InChI is InChI=1S/C23H24/c1-5-8-22-16(2)11-12-20(17(22)3)15-21-14-13-19-9-6-7-10-23(19)18(21)4/h5-14H,15H2,1-4H3/b8-5-. The fraction of sp³-hybridized carbons (Fsp3) is 0.217. The molecule has 23 heavy (non-hydrogen) atoms. The van der Waals surface area contributed by atoms with Crippen LogP contribution in [-0.4, -0.2) is 0 Å². The molecular weight excluding hydrogens is 276 g/mol. The first kappa shape index (κ1) is 15.6. The molecule has 0 radical (unpaired) electrons. The van der Waals surface area contributed by atoms with E-state index in [0.29, 0.717) is 0 Å². The quantitative estimate of drug-likeness (QED) is 0.526. The van der Waals surface area contributed by atoms with E-state index in [1.54, 1.807) is 0 Å². The molecule has 0 atom stereocenters. The van der Waals surface area contributed by atoms with Gasteiger partial charge in [0.1, 0.15) is 0 Å². The Bertz CT molecular complexity index is 882. The van der Waals surface area contributed by atoms with Crippen LogP contribution in [0.1, 0.15) is 40.3 Å². The van der Waals surface area contributed by atoms with Gasteiger partial charge in [0.2, 0.25) is 0 Å². The molecule has 0 fully saturated rings. The van der Waals surface area contributed by atoms with E-state index in [4.69, 9.17) is 0 Å². The van der Waals surface area contributed by atoms with E-state index in [-0.39, 0.29) is 0 Å². The maximum absolute atomic E-state index is 2.28. The molecule has 0 amide bonds. The number of benzene rings is 3. The Morgan fingerprint density at radius 3 is 2.26 bits per heavy atom. The maximum atomic E-state index is 2.28. The van der Waals surface area contributed by atoms with Crippen molar-refractivity contribution in [1.29, 1.82) is 0 Å². The molecule has 0 aliphatic rings.